The Bertz CT molecular complexity index is 626. The van der Waals surface area contributed by atoms with Crippen LogP contribution >= 0.6 is 0 Å². The number of amides is 1. The quantitative estimate of drug-likeness (QED) is 0.916. The van der Waals surface area contributed by atoms with Gasteiger partial charge >= 0.3 is 0 Å². The van der Waals surface area contributed by atoms with Gasteiger partial charge in [0, 0.05) is 25.8 Å². The predicted octanol–water partition coefficient (Wildman–Crippen LogP) is 2.37. The van der Waals surface area contributed by atoms with E-state index in [0.29, 0.717) is 6.54 Å². The van der Waals surface area contributed by atoms with E-state index in [1.165, 1.54) is 16.5 Å². The second-order valence-electron chi connectivity index (χ2n) is 5.67. The maximum atomic E-state index is 12.4. The number of benzene rings is 1. The minimum absolute atomic E-state index is 0.239. The highest BCUT2D eigenvalue weighted by Gasteiger charge is 2.19. The summed E-state index contributed by atoms with van der Waals surface area (Å²) in [6.45, 7) is 6.19. The predicted molar refractivity (Wildman–Crippen MR) is 85.1 cm³/mol. The van der Waals surface area contributed by atoms with Crippen molar-refractivity contribution in [1.29, 1.82) is 0 Å². The van der Waals surface area contributed by atoms with E-state index in [4.69, 9.17) is 0 Å². The highest BCUT2D eigenvalue weighted by Crippen LogP contribution is 2.21. The number of hydrogen-bond donors (Lipinski definition) is 1. The summed E-state index contributed by atoms with van der Waals surface area (Å²) >= 11 is 0. The van der Waals surface area contributed by atoms with Crippen LogP contribution in [-0.4, -0.2) is 35.0 Å². The zero-order valence-corrected chi connectivity index (χ0v) is 12.6. The van der Waals surface area contributed by atoms with Crippen molar-refractivity contribution < 1.29 is 4.79 Å². The Morgan fingerprint density at radius 1 is 1.24 bits per heavy atom. The van der Waals surface area contributed by atoms with Crippen LogP contribution in [0.5, 0.6) is 0 Å². The Morgan fingerprint density at radius 2 is 2.05 bits per heavy atom. The normalized spacial score (nSPS) is 15.0. The monoisotopic (exact) mass is 285 g/mol. The van der Waals surface area contributed by atoms with Gasteiger partial charge in [-0.05, 0) is 36.4 Å². The van der Waals surface area contributed by atoms with Crippen LogP contribution < -0.4 is 5.32 Å². The van der Waals surface area contributed by atoms with Gasteiger partial charge in [-0.2, -0.15) is 0 Å². The van der Waals surface area contributed by atoms with Crippen LogP contribution in [0.2, 0.25) is 0 Å². The number of fused-ring (bicyclic) bond motifs is 1. The van der Waals surface area contributed by atoms with Crippen molar-refractivity contribution in [3.05, 3.63) is 36.0 Å². The van der Waals surface area contributed by atoms with Gasteiger partial charge in [0.05, 0.1) is 5.52 Å². The molecule has 0 saturated carbocycles. The van der Waals surface area contributed by atoms with E-state index in [0.717, 1.165) is 39.0 Å². The maximum absolute atomic E-state index is 12.4. The molecule has 4 heteroatoms. The van der Waals surface area contributed by atoms with E-state index >= 15 is 0 Å². The van der Waals surface area contributed by atoms with Gasteiger partial charge in [-0.1, -0.05) is 25.1 Å². The molecule has 1 aromatic heterocycles. The molecule has 2 aromatic rings. The molecule has 0 spiro atoms. The average Bonchev–Trinajstić information content (AvgIpc) is 3.15. The summed E-state index contributed by atoms with van der Waals surface area (Å²) in [5, 5.41) is 4.58. The van der Waals surface area contributed by atoms with E-state index in [1.54, 1.807) is 0 Å². The summed E-state index contributed by atoms with van der Waals surface area (Å²) in [5.41, 5.74) is 2.44. The minimum Gasteiger partial charge on any atom is -0.341 e. The molecule has 112 valence electrons. The number of hydrogen-bond acceptors (Lipinski definition) is 2. The topological polar surface area (TPSA) is 37.3 Å². The van der Waals surface area contributed by atoms with Crippen molar-refractivity contribution in [3.63, 3.8) is 0 Å². The largest absolute Gasteiger partial charge is 0.341 e. The van der Waals surface area contributed by atoms with Gasteiger partial charge < -0.3 is 14.8 Å². The van der Waals surface area contributed by atoms with Crippen molar-refractivity contribution in [2.45, 2.75) is 32.9 Å². The molecule has 4 nitrogen and oxygen atoms in total. The number of aromatic nitrogens is 1. The Balaban J connectivity index is 1.85. The second-order valence-corrected chi connectivity index (χ2v) is 5.67. The van der Waals surface area contributed by atoms with Crippen molar-refractivity contribution >= 4 is 16.8 Å². The standard InChI is InChI=1S/C17H23N3O/c1-2-18-12-15-7-5-6-14-8-11-20(17(14)15)13-16(21)19-9-3-4-10-19/h5-8,11,18H,2-4,9-10,12-13H2,1H3. The molecule has 0 bridgehead atoms. The Labute approximate surface area is 125 Å². The van der Waals surface area contributed by atoms with Crippen LogP contribution in [0.3, 0.4) is 0 Å². The molecule has 1 aliphatic rings. The number of para-hydroxylation sites is 1. The van der Waals surface area contributed by atoms with Crippen molar-refractivity contribution in [2.75, 3.05) is 19.6 Å². The number of nitrogens with one attached hydrogen (secondary N) is 1. The van der Waals surface area contributed by atoms with Crippen molar-refractivity contribution in [3.8, 4) is 0 Å². The van der Waals surface area contributed by atoms with Crippen molar-refractivity contribution in [2.24, 2.45) is 0 Å². The van der Waals surface area contributed by atoms with Gasteiger partial charge in [0.2, 0.25) is 5.91 Å². The molecule has 0 atom stereocenters. The van der Waals surface area contributed by atoms with Crippen LogP contribution in [0.15, 0.2) is 30.5 Å². The molecule has 3 rings (SSSR count). The van der Waals surface area contributed by atoms with E-state index in [2.05, 4.69) is 41.1 Å². The van der Waals surface area contributed by atoms with Crippen LogP contribution in [0.25, 0.3) is 10.9 Å². The van der Waals surface area contributed by atoms with Crippen molar-refractivity contribution in [1.82, 2.24) is 14.8 Å². The first-order valence-corrected chi connectivity index (χ1v) is 7.85. The lowest BCUT2D eigenvalue weighted by Gasteiger charge is -2.17. The van der Waals surface area contributed by atoms with E-state index in [-0.39, 0.29) is 5.91 Å². The van der Waals surface area contributed by atoms with Crippen LogP contribution in [-0.2, 0) is 17.9 Å². The van der Waals surface area contributed by atoms with Gasteiger partial charge in [0.25, 0.3) is 0 Å². The summed E-state index contributed by atoms with van der Waals surface area (Å²) in [4.78, 5) is 14.4. The fourth-order valence-electron chi connectivity index (χ4n) is 3.09. The lowest BCUT2D eigenvalue weighted by molar-refractivity contribution is -0.130. The molecular formula is C17H23N3O. The molecule has 0 radical (unpaired) electrons. The zero-order chi connectivity index (χ0) is 14.7. The number of rotatable bonds is 5. The van der Waals surface area contributed by atoms with Gasteiger partial charge in [-0.15, -0.1) is 0 Å². The third-order valence-electron chi connectivity index (χ3n) is 4.20. The third-order valence-corrected chi connectivity index (χ3v) is 4.20. The zero-order valence-electron chi connectivity index (χ0n) is 12.6. The van der Waals surface area contributed by atoms with Crippen LogP contribution in [0, 0.1) is 0 Å². The van der Waals surface area contributed by atoms with E-state index in [9.17, 15) is 4.79 Å². The molecule has 2 heterocycles. The van der Waals surface area contributed by atoms with E-state index < -0.39 is 0 Å². The first kappa shape index (κ1) is 14.1. The number of nitrogens with zero attached hydrogens (tertiary/aromatic N) is 2. The number of carbonyl (C=O) groups excluding carboxylic acids is 1. The number of carbonyl (C=O) groups is 1. The fraction of sp³-hybridized carbons (Fsp3) is 0.471. The second kappa shape index (κ2) is 6.31. The Hall–Kier alpha value is -1.81. The minimum atomic E-state index is 0.239. The summed E-state index contributed by atoms with van der Waals surface area (Å²) in [5.74, 6) is 0.239. The third kappa shape index (κ3) is 2.95. The molecule has 21 heavy (non-hydrogen) atoms. The molecule has 0 unspecified atom stereocenters. The van der Waals surface area contributed by atoms with Gasteiger partial charge in [-0.3, -0.25) is 4.79 Å². The summed E-state index contributed by atoms with van der Waals surface area (Å²) in [6, 6.07) is 8.44. The summed E-state index contributed by atoms with van der Waals surface area (Å²) in [7, 11) is 0. The lowest BCUT2D eigenvalue weighted by Crippen LogP contribution is -2.31. The molecule has 1 aromatic carbocycles. The highest BCUT2D eigenvalue weighted by atomic mass is 16.2. The van der Waals surface area contributed by atoms with Gasteiger partial charge in [-0.25, -0.2) is 0 Å². The first-order chi connectivity index (χ1) is 10.3. The first-order valence-electron chi connectivity index (χ1n) is 7.85. The molecule has 1 amide bonds. The van der Waals surface area contributed by atoms with Gasteiger partial charge in [0.15, 0.2) is 0 Å². The molecular weight excluding hydrogens is 262 g/mol. The molecule has 1 saturated heterocycles. The highest BCUT2D eigenvalue weighted by molar-refractivity contribution is 5.85. The average molecular weight is 285 g/mol. The number of likely N-dealkylation sites (tertiary alicyclic amines) is 1. The fourth-order valence-corrected chi connectivity index (χ4v) is 3.09. The summed E-state index contributed by atoms with van der Waals surface area (Å²) in [6.07, 6.45) is 4.32. The van der Waals surface area contributed by atoms with Crippen LogP contribution in [0.4, 0.5) is 0 Å². The maximum Gasteiger partial charge on any atom is 0.242 e. The molecule has 1 aliphatic heterocycles. The van der Waals surface area contributed by atoms with Gasteiger partial charge in [0.1, 0.15) is 6.54 Å². The summed E-state index contributed by atoms with van der Waals surface area (Å²) < 4.78 is 2.10. The molecule has 0 aliphatic carbocycles. The molecule has 1 N–H and O–H groups in total. The lowest BCUT2D eigenvalue weighted by atomic mass is 10.1. The molecule has 1 fully saturated rings. The Morgan fingerprint density at radius 3 is 2.81 bits per heavy atom. The SMILES string of the molecule is CCNCc1cccc2ccn(CC(=O)N3CCCC3)c12. The smallest absolute Gasteiger partial charge is 0.242 e. The Kier molecular flexibility index (Phi) is 4.25. The van der Waals surface area contributed by atoms with E-state index in [1.807, 2.05) is 11.1 Å². The van der Waals surface area contributed by atoms with Crippen LogP contribution in [0.1, 0.15) is 25.3 Å².